The van der Waals surface area contributed by atoms with E-state index in [9.17, 15) is 5.11 Å². The number of hydrogen-bond acceptors (Lipinski definition) is 7. The molecule has 0 aliphatic heterocycles. The summed E-state index contributed by atoms with van der Waals surface area (Å²) in [6, 6.07) is 13.1. The number of aliphatic hydroxyl groups is 1. The second kappa shape index (κ2) is 10.4. The number of ether oxygens (including phenoxy) is 3. The highest BCUT2D eigenvalue weighted by atomic mass is 16.5. The first-order chi connectivity index (χ1) is 14.6. The number of hydrogen-bond donors (Lipinski definition) is 1. The standard InChI is InChI=1S/C22H26N4O4/c1-4-6-16-7-12-20(21(13-16)28-3)30-15-18(27)14-26-24-22(23-25-26)17-8-10-19(11-9-17)29-5-2/h4,7-13,18,27H,1,5-6,14-15H2,2-3H3/t18-/m1/s1. The van der Waals surface area contributed by atoms with E-state index in [2.05, 4.69) is 22.0 Å². The molecule has 0 bridgehead atoms. The second-order valence-electron chi connectivity index (χ2n) is 6.57. The molecule has 1 atom stereocenters. The van der Waals surface area contributed by atoms with Crippen LogP contribution in [-0.4, -0.2) is 51.7 Å². The molecule has 0 fully saturated rings. The molecule has 0 saturated heterocycles. The minimum atomic E-state index is -0.815. The molecule has 8 heteroatoms. The molecule has 0 amide bonds. The molecule has 3 rings (SSSR count). The van der Waals surface area contributed by atoms with Crippen molar-refractivity contribution < 1.29 is 19.3 Å². The molecule has 1 N–H and O–H groups in total. The van der Waals surface area contributed by atoms with Gasteiger partial charge in [0.1, 0.15) is 18.5 Å². The lowest BCUT2D eigenvalue weighted by Gasteiger charge is -2.14. The van der Waals surface area contributed by atoms with Gasteiger partial charge in [0.15, 0.2) is 11.5 Å². The number of rotatable bonds is 11. The SMILES string of the molecule is C=CCc1ccc(OC[C@H](O)Cn2nnc(-c3ccc(OCC)cc3)n2)c(OC)c1. The Bertz CT molecular complexity index is 956. The van der Waals surface area contributed by atoms with Crippen molar-refractivity contribution in [2.75, 3.05) is 20.3 Å². The van der Waals surface area contributed by atoms with E-state index >= 15 is 0 Å². The average Bonchev–Trinajstić information content (AvgIpc) is 3.22. The molecule has 0 unspecified atom stereocenters. The lowest BCUT2D eigenvalue weighted by atomic mass is 10.1. The van der Waals surface area contributed by atoms with Gasteiger partial charge in [-0.05, 0) is 60.5 Å². The van der Waals surface area contributed by atoms with Gasteiger partial charge < -0.3 is 19.3 Å². The molecule has 1 heterocycles. The fourth-order valence-electron chi connectivity index (χ4n) is 2.86. The van der Waals surface area contributed by atoms with E-state index in [4.69, 9.17) is 14.2 Å². The molecular formula is C22H26N4O4. The van der Waals surface area contributed by atoms with Crippen molar-refractivity contribution in [2.24, 2.45) is 0 Å². The van der Waals surface area contributed by atoms with Crippen molar-refractivity contribution in [3.8, 4) is 28.6 Å². The van der Waals surface area contributed by atoms with Crippen molar-refractivity contribution in [1.29, 1.82) is 0 Å². The van der Waals surface area contributed by atoms with Crippen LogP contribution >= 0.6 is 0 Å². The Morgan fingerprint density at radius 3 is 2.63 bits per heavy atom. The highest BCUT2D eigenvalue weighted by Gasteiger charge is 2.13. The third-order valence-electron chi connectivity index (χ3n) is 4.29. The molecule has 0 spiro atoms. The Labute approximate surface area is 175 Å². The summed E-state index contributed by atoms with van der Waals surface area (Å²) in [4.78, 5) is 1.35. The smallest absolute Gasteiger partial charge is 0.204 e. The third-order valence-corrected chi connectivity index (χ3v) is 4.29. The summed E-state index contributed by atoms with van der Waals surface area (Å²) in [5.74, 6) is 2.43. The molecule has 0 aliphatic carbocycles. The molecule has 2 aromatic carbocycles. The van der Waals surface area contributed by atoms with Gasteiger partial charge in [-0.1, -0.05) is 12.1 Å². The van der Waals surface area contributed by atoms with Crippen molar-refractivity contribution in [1.82, 2.24) is 20.2 Å². The molecular weight excluding hydrogens is 384 g/mol. The van der Waals surface area contributed by atoms with E-state index in [1.54, 1.807) is 7.11 Å². The van der Waals surface area contributed by atoms with Crippen LogP contribution in [-0.2, 0) is 13.0 Å². The van der Waals surface area contributed by atoms with Crippen LogP contribution in [0.3, 0.4) is 0 Å². The van der Waals surface area contributed by atoms with E-state index in [0.29, 0.717) is 23.9 Å². The quantitative estimate of drug-likeness (QED) is 0.486. The number of aliphatic hydroxyl groups excluding tert-OH is 1. The van der Waals surface area contributed by atoms with Crippen LogP contribution in [0.5, 0.6) is 17.2 Å². The zero-order valence-corrected chi connectivity index (χ0v) is 17.2. The van der Waals surface area contributed by atoms with Crippen molar-refractivity contribution in [2.45, 2.75) is 26.0 Å². The maximum Gasteiger partial charge on any atom is 0.204 e. The highest BCUT2D eigenvalue weighted by Crippen LogP contribution is 2.28. The molecule has 0 aliphatic rings. The van der Waals surface area contributed by atoms with Crippen LogP contribution in [0.15, 0.2) is 55.1 Å². The number of methoxy groups -OCH3 is 1. The van der Waals surface area contributed by atoms with Gasteiger partial charge in [-0.25, -0.2) is 0 Å². The topological polar surface area (TPSA) is 91.5 Å². The first-order valence-corrected chi connectivity index (χ1v) is 9.72. The summed E-state index contributed by atoms with van der Waals surface area (Å²) in [7, 11) is 1.58. The normalized spacial score (nSPS) is 11.7. The molecule has 3 aromatic rings. The maximum atomic E-state index is 10.3. The Balaban J connectivity index is 1.57. The van der Waals surface area contributed by atoms with Gasteiger partial charge in [-0.3, -0.25) is 0 Å². The monoisotopic (exact) mass is 410 g/mol. The van der Waals surface area contributed by atoms with E-state index in [0.717, 1.165) is 23.3 Å². The van der Waals surface area contributed by atoms with E-state index in [-0.39, 0.29) is 13.2 Å². The third kappa shape index (κ3) is 5.57. The molecule has 158 valence electrons. The Hall–Kier alpha value is -3.39. The van der Waals surface area contributed by atoms with Gasteiger partial charge in [-0.15, -0.1) is 16.8 Å². The zero-order valence-electron chi connectivity index (χ0n) is 17.2. The number of allylic oxidation sites excluding steroid dienone is 1. The molecule has 0 saturated carbocycles. The molecule has 0 radical (unpaired) electrons. The molecule has 1 aromatic heterocycles. The number of nitrogens with zero attached hydrogens (tertiary/aromatic N) is 4. The average molecular weight is 410 g/mol. The van der Waals surface area contributed by atoms with Gasteiger partial charge in [0.2, 0.25) is 5.82 Å². The fraction of sp³-hybridized carbons (Fsp3) is 0.318. The van der Waals surface area contributed by atoms with Crippen LogP contribution < -0.4 is 14.2 Å². The van der Waals surface area contributed by atoms with Crippen molar-refractivity contribution in [3.63, 3.8) is 0 Å². The summed E-state index contributed by atoms with van der Waals surface area (Å²) >= 11 is 0. The van der Waals surface area contributed by atoms with E-state index in [1.807, 2.05) is 55.5 Å². The van der Waals surface area contributed by atoms with Crippen LogP contribution in [0, 0.1) is 0 Å². The summed E-state index contributed by atoms with van der Waals surface area (Å²) in [5, 5.41) is 22.7. The maximum absolute atomic E-state index is 10.3. The van der Waals surface area contributed by atoms with Crippen LogP contribution in [0.4, 0.5) is 0 Å². The van der Waals surface area contributed by atoms with Gasteiger partial charge in [-0.2, -0.15) is 4.80 Å². The Morgan fingerprint density at radius 2 is 1.93 bits per heavy atom. The second-order valence-corrected chi connectivity index (χ2v) is 6.57. The van der Waals surface area contributed by atoms with E-state index < -0.39 is 6.10 Å². The van der Waals surface area contributed by atoms with Crippen molar-refractivity contribution >= 4 is 0 Å². The number of aromatic nitrogens is 4. The molecule has 30 heavy (non-hydrogen) atoms. The fourth-order valence-corrected chi connectivity index (χ4v) is 2.86. The van der Waals surface area contributed by atoms with Gasteiger partial charge in [0, 0.05) is 5.56 Å². The van der Waals surface area contributed by atoms with Crippen LogP contribution in [0.25, 0.3) is 11.4 Å². The number of tetrazole rings is 1. The Morgan fingerprint density at radius 1 is 1.13 bits per heavy atom. The van der Waals surface area contributed by atoms with Crippen LogP contribution in [0.1, 0.15) is 12.5 Å². The molecule has 8 nitrogen and oxygen atoms in total. The lowest BCUT2D eigenvalue weighted by molar-refractivity contribution is 0.0836. The van der Waals surface area contributed by atoms with E-state index in [1.165, 1.54) is 4.80 Å². The predicted octanol–water partition coefficient (Wildman–Crippen LogP) is 2.92. The minimum Gasteiger partial charge on any atom is -0.494 e. The predicted molar refractivity (Wildman–Crippen MR) is 113 cm³/mol. The zero-order chi connectivity index (χ0) is 21.3. The minimum absolute atomic E-state index is 0.0666. The Kier molecular flexibility index (Phi) is 7.40. The summed E-state index contributed by atoms with van der Waals surface area (Å²) < 4.78 is 16.5. The number of benzene rings is 2. The highest BCUT2D eigenvalue weighted by molar-refractivity contribution is 5.55. The lowest BCUT2D eigenvalue weighted by Crippen LogP contribution is -2.25. The summed E-state index contributed by atoms with van der Waals surface area (Å²) in [6.07, 6.45) is 1.75. The summed E-state index contributed by atoms with van der Waals surface area (Å²) in [6.45, 7) is 6.50. The first kappa shape index (κ1) is 21.3. The van der Waals surface area contributed by atoms with Crippen molar-refractivity contribution in [3.05, 3.63) is 60.7 Å². The summed E-state index contributed by atoms with van der Waals surface area (Å²) in [5.41, 5.74) is 1.89. The van der Waals surface area contributed by atoms with Gasteiger partial charge in [0.25, 0.3) is 0 Å². The van der Waals surface area contributed by atoms with Gasteiger partial charge in [0.05, 0.1) is 20.3 Å². The van der Waals surface area contributed by atoms with Crippen LogP contribution in [0.2, 0.25) is 0 Å². The van der Waals surface area contributed by atoms with Gasteiger partial charge >= 0.3 is 0 Å². The largest absolute Gasteiger partial charge is 0.494 e. The first-order valence-electron chi connectivity index (χ1n) is 9.72.